The van der Waals surface area contributed by atoms with Crippen molar-refractivity contribution in [3.8, 4) is 0 Å². The standard InChI is InChI=1S/C29H35ClN2O6/c1-3-28-13-5-8-18-37-27(36)22(28)21-25(34)32(15-6-4-7-17-33)24-26(35)31(16-10-14-29(21,24)38-28)23-19(2)11-9-12-20(23)30/h5,9-14,21-22,24,33H,3-4,6-8,15-18H2,1-2H3/t21-,22-,24?,28+,29-/m0/s1. The Kier molecular flexibility index (Phi) is 7.42. The second-order valence-corrected chi connectivity index (χ2v) is 11.0. The number of halogens is 1. The molecule has 38 heavy (non-hydrogen) atoms. The summed E-state index contributed by atoms with van der Waals surface area (Å²) >= 11 is 6.59. The number of amides is 2. The molecule has 0 radical (unpaired) electrons. The molecule has 204 valence electrons. The zero-order valence-electron chi connectivity index (χ0n) is 21.9. The zero-order valence-corrected chi connectivity index (χ0v) is 22.7. The highest BCUT2D eigenvalue weighted by Crippen LogP contribution is 2.58. The third-order valence-electron chi connectivity index (χ3n) is 8.42. The van der Waals surface area contributed by atoms with Gasteiger partial charge in [0.05, 0.1) is 23.2 Å². The molecule has 5 rings (SSSR count). The smallest absolute Gasteiger partial charge is 0.313 e. The Morgan fingerprint density at radius 2 is 1.89 bits per heavy atom. The fraction of sp³-hybridized carbons (Fsp3) is 0.552. The lowest BCUT2D eigenvalue weighted by atomic mass is 9.73. The summed E-state index contributed by atoms with van der Waals surface area (Å²) in [5, 5.41) is 9.69. The molecule has 4 aliphatic heterocycles. The maximum absolute atomic E-state index is 14.5. The van der Waals surface area contributed by atoms with Gasteiger partial charge in [0.25, 0.3) is 5.91 Å². The largest absolute Gasteiger partial charge is 0.465 e. The molecule has 1 aromatic rings. The number of aliphatic hydroxyl groups is 1. The van der Waals surface area contributed by atoms with Crippen LogP contribution in [-0.4, -0.2) is 71.3 Å². The van der Waals surface area contributed by atoms with Crippen LogP contribution in [0.15, 0.2) is 42.5 Å². The lowest BCUT2D eigenvalue weighted by Crippen LogP contribution is -2.56. The van der Waals surface area contributed by atoms with Crippen molar-refractivity contribution in [3.63, 3.8) is 0 Å². The maximum atomic E-state index is 14.5. The Hall–Kier alpha value is -2.68. The van der Waals surface area contributed by atoms with Gasteiger partial charge in [-0.2, -0.15) is 0 Å². The van der Waals surface area contributed by atoms with Crippen molar-refractivity contribution >= 4 is 35.1 Å². The predicted molar refractivity (Wildman–Crippen MR) is 143 cm³/mol. The molecule has 1 N–H and O–H groups in total. The van der Waals surface area contributed by atoms with E-state index in [0.29, 0.717) is 49.4 Å². The normalized spacial score (nSPS) is 32.4. The molecule has 1 spiro atoms. The first-order valence-corrected chi connectivity index (χ1v) is 13.9. The molecule has 0 aromatic heterocycles. The van der Waals surface area contributed by atoms with Crippen LogP contribution in [0.3, 0.4) is 0 Å². The number of para-hydroxylation sites is 1. The van der Waals surface area contributed by atoms with Crippen LogP contribution in [0.4, 0.5) is 5.69 Å². The van der Waals surface area contributed by atoms with E-state index in [1.54, 1.807) is 15.9 Å². The molecule has 4 aliphatic rings. The van der Waals surface area contributed by atoms with Crippen LogP contribution < -0.4 is 4.90 Å². The number of fused-ring (bicyclic) bond motifs is 2. The van der Waals surface area contributed by atoms with Gasteiger partial charge in [0.15, 0.2) is 0 Å². The summed E-state index contributed by atoms with van der Waals surface area (Å²) in [6.07, 6.45) is 10.5. The van der Waals surface area contributed by atoms with Crippen molar-refractivity contribution in [2.24, 2.45) is 11.8 Å². The topological polar surface area (TPSA) is 96.4 Å². The fourth-order valence-corrected chi connectivity index (χ4v) is 7.03. The number of cyclic esters (lactones) is 1. The number of aliphatic hydroxyl groups excluding tert-OH is 1. The molecule has 9 heteroatoms. The number of esters is 1. The quantitative estimate of drug-likeness (QED) is 0.321. The van der Waals surface area contributed by atoms with Crippen LogP contribution in [-0.2, 0) is 23.9 Å². The van der Waals surface area contributed by atoms with Crippen molar-refractivity contribution in [1.29, 1.82) is 0 Å². The van der Waals surface area contributed by atoms with Crippen LogP contribution in [0.2, 0.25) is 5.02 Å². The molecule has 2 fully saturated rings. The first-order chi connectivity index (χ1) is 18.3. The first kappa shape index (κ1) is 26.9. The number of likely N-dealkylation sites (tertiary alicyclic amines) is 1. The third kappa shape index (κ3) is 4.08. The SMILES string of the molecule is CC[C@@]12C=CCCOC(=O)[C@@H]1[C@H]1C(=O)N(CCCCCO)C3C(=O)N(c4c(C)cccc4Cl)CC=C[C@@]31O2. The van der Waals surface area contributed by atoms with Crippen molar-refractivity contribution in [2.45, 2.75) is 63.2 Å². The number of nitrogens with zero attached hydrogens (tertiary/aromatic N) is 2. The van der Waals surface area contributed by atoms with E-state index in [1.807, 2.05) is 50.3 Å². The van der Waals surface area contributed by atoms with Gasteiger partial charge in [0.1, 0.15) is 23.2 Å². The summed E-state index contributed by atoms with van der Waals surface area (Å²) in [6, 6.07) is 4.51. The van der Waals surface area contributed by atoms with Crippen LogP contribution in [0.5, 0.6) is 0 Å². The number of rotatable bonds is 7. The van der Waals surface area contributed by atoms with E-state index in [1.165, 1.54) is 0 Å². The van der Waals surface area contributed by atoms with Crippen molar-refractivity contribution in [2.75, 3.05) is 31.2 Å². The molecule has 0 bridgehead atoms. The van der Waals surface area contributed by atoms with Gasteiger partial charge in [-0.25, -0.2) is 0 Å². The molecule has 1 aromatic carbocycles. The summed E-state index contributed by atoms with van der Waals surface area (Å²) in [4.78, 5) is 45.4. The van der Waals surface area contributed by atoms with E-state index in [0.717, 1.165) is 5.56 Å². The van der Waals surface area contributed by atoms with Crippen LogP contribution in [0.1, 0.15) is 44.6 Å². The van der Waals surface area contributed by atoms with Gasteiger partial charge in [-0.05, 0) is 50.7 Å². The number of carbonyl (C=O) groups excluding carboxylic acids is 3. The van der Waals surface area contributed by atoms with Crippen LogP contribution in [0.25, 0.3) is 0 Å². The molecule has 2 saturated heterocycles. The summed E-state index contributed by atoms with van der Waals surface area (Å²) < 4.78 is 12.5. The van der Waals surface area contributed by atoms with Crippen molar-refractivity contribution < 1.29 is 29.0 Å². The molecule has 8 nitrogen and oxygen atoms in total. The highest BCUT2D eigenvalue weighted by molar-refractivity contribution is 6.34. The fourth-order valence-electron chi connectivity index (χ4n) is 6.70. The van der Waals surface area contributed by atoms with E-state index >= 15 is 0 Å². The van der Waals surface area contributed by atoms with Gasteiger partial charge in [-0.15, -0.1) is 0 Å². The highest BCUT2D eigenvalue weighted by Gasteiger charge is 2.75. The Morgan fingerprint density at radius 1 is 1.08 bits per heavy atom. The Balaban J connectivity index is 1.64. The Bertz CT molecular complexity index is 1160. The van der Waals surface area contributed by atoms with Gasteiger partial charge in [0, 0.05) is 19.7 Å². The van der Waals surface area contributed by atoms with Gasteiger partial charge in [-0.3, -0.25) is 14.4 Å². The van der Waals surface area contributed by atoms with Gasteiger partial charge < -0.3 is 24.4 Å². The number of unbranched alkanes of at least 4 members (excludes halogenated alkanes) is 2. The maximum Gasteiger partial charge on any atom is 0.313 e. The molecular formula is C29H35ClN2O6. The number of aryl methyl sites for hydroxylation is 1. The summed E-state index contributed by atoms with van der Waals surface area (Å²) in [5.74, 6) is -2.79. The van der Waals surface area contributed by atoms with E-state index in [-0.39, 0.29) is 31.6 Å². The number of ether oxygens (including phenoxy) is 2. The van der Waals surface area contributed by atoms with Gasteiger partial charge >= 0.3 is 5.97 Å². The molecular weight excluding hydrogens is 508 g/mol. The molecule has 1 unspecified atom stereocenters. The molecule has 4 heterocycles. The Labute approximate surface area is 228 Å². The third-order valence-corrected chi connectivity index (χ3v) is 8.72. The molecule has 0 saturated carbocycles. The second-order valence-electron chi connectivity index (χ2n) is 10.6. The zero-order chi connectivity index (χ0) is 27.1. The Morgan fingerprint density at radius 3 is 2.63 bits per heavy atom. The lowest BCUT2D eigenvalue weighted by molar-refractivity contribution is -0.160. The number of hydrogen-bond acceptors (Lipinski definition) is 6. The summed E-state index contributed by atoms with van der Waals surface area (Å²) in [6.45, 7) is 4.70. The minimum Gasteiger partial charge on any atom is -0.465 e. The minimum absolute atomic E-state index is 0.0630. The van der Waals surface area contributed by atoms with E-state index in [2.05, 4.69) is 0 Å². The van der Waals surface area contributed by atoms with E-state index < -0.39 is 35.0 Å². The van der Waals surface area contributed by atoms with Crippen molar-refractivity contribution in [3.05, 3.63) is 53.1 Å². The van der Waals surface area contributed by atoms with Crippen molar-refractivity contribution in [1.82, 2.24) is 4.90 Å². The average molecular weight is 543 g/mol. The number of hydrogen-bond donors (Lipinski definition) is 1. The van der Waals surface area contributed by atoms with Crippen LogP contribution >= 0.6 is 11.6 Å². The monoisotopic (exact) mass is 542 g/mol. The number of anilines is 1. The van der Waals surface area contributed by atoms with E-state index in [4.69, 9.17) is 21.1 Å². The van der Waals surface area contributed by atoms with Gasteiger partial charge in [-0.1, -0.05) is 55.0 Å². The molecule has 5 atom stereocenters. The van der Waals surface area contributed by atoms with Crippen LogP contribution in [0, 0.1) is 18.8 Å². The van der Waals surface area contributed by atoms with E-state index in [9.17, 15) is 19.5 Å². The molecule has 2 amide bonds. The summed E-state index contributed by atoms with van der Waals surface area (Å²) in [5.41, 5.74) is -0.940. The highest BCUT2D eigenvalue weighted by atomic mass is 35.5. The molecule has 0 aliphatic carbocycles. The summed E-state index contributed by atoms with van der Waals surface area (Å²) in [7, 11) is 0. The number of carbonyl (C=O) groups is 3. The number of benzene rings is 1. The average Bonchev–Trinajstić information content (AvgIpc) is 3.23. The first-order valence-electron chi connectivity index (χ1n) is 13.5. The second kappa shape index (κ2) is 10.5. The lowest BCUT2D eigenvalue weighted by Gasteiger charge is -2.39. The van der Waals surface area contributed by atoms with Gasteiger partial charge in [0.2, 0.25) is 5.91 Å². The predicted octanol–water partition coefficient (Wildman–Crippen LogP) is 3.58. The minimum atomic E-state index is -1.33.